The standard InChI is InChI=1S/C22H16Cl4NOP/c23-18-11-19(24)13-20(12-18)27-29(28,14-21(25)16-7-3-1-4-8-16)15-22(26)17-9-5-2-6-10-17/h1-15H,(H,27,28)/b21-14-,22-15+. The molecule has 0 bridgehead atoms. The number of anilines is 1. The number of halogens is 4. The zero-order valence-electron chi connectivity index (χ0n) is 15.0. The van der Waals surface area contributed by atoms with E-state index in [0.29, 0.717) is 25.8 Å². The van der Waals surface area contributed by atoms with Crippen LogP contribution in [0.4, 0.5) is 5.69 Å². The summed E-state index contributed by atoms with van der Waals surface area (Å²) in [6.45, 7) is 0. The second-order valence-corrected chi connectivity index (χ2v) is 10.0. The summed E-state index contributed by atoms with van der Waals surface area (Å²) < 4.78 is 13.9. The Balaban J connectivity index is 2.06. The topological polar surface area (TPSA) is 29.1 Å². The average molecular weight is 483 g/mol. The fraction of sp³-hybridized carbons (Fsp3) is 0. The summed E-state index contributed by atoms with van der Waals surface area (Å²) in [4.78, 5) is 0. The molecular formula is C22H16Cl4NOP. The van der Waals surface area contributed by atoms with Crippen LogP contribution in [0.2, 0.25) is 10.0 Å². The van der Waals surface area contributed by atoms with E-state index in [4.69, 9.17) is 46.4 Å². The molecular weight excluding hydrogens is 467 g/mol. The first-order chi connectivity index (χ1) is 13.8. The predicted octanol–water partition coefficient (Wildman–Crippen LogP) is 9.16. The van der Waals surface area contributed by atoms with Gasteiger partial charge in [0, 0.05) is 27.4 Å². The molecule has 0 aliphatic rings. The Morgan fingerprint density at radius 1 is 0.724 bits per heavy atom. The van der Waals surface area contributed by atoms with Crippen molar-refractivity contribution < 1.29 is 4.57 Å². The molecule has 0 fully saturated rings. The van der Waals surface area contributed by atoms with Gasteiger partial charge in [0.2, 0.25) is 7.29 Å². The summed E-state index contributed by atoms with van der Waals surface area (Å²) in [5, 5.41) is 4.51. The number of hydrogen-bond acceptors (Lipinski definition) is 1. The number of hydrogen-bond donors (Lipinski definition) is 1. The van der Waals surface area contributed by atoms with E-state index in [-0.39, 0.29) is 0 Å². The number of benzene rings is 3. The molecule has 1 atom stereocenters. The van der Waals surface area contributed by atoms with Gasteiger partial charge in [-0.15, -0.1) is 0 Å². The van der Waals surface area contributed by atoms with E-state index >= 15 is 0 Å². The molecule has 3 aromatic rings. The average Bonchev–Trinajstić information content (AvgIpc) is 2.68. The summed E-state index contributed by atoms with van der Waals surface area (Å²) in [6, 6.07) is 23.4. The highest BCUT2D eigenvalue weighted by Crippen LogP contribution is 2.54. The van der Waals surface area contributed by atoms with Crippen LogP contribution in [0.1, 0.15) is 11.1 Å². The maximum Gasteiger partial charge on any atom is 0.216 e. The first-order valence-corrected chi connectivity index (χ1v) is 11.9. The summed E-state index contributed by atoms with van der Waals surface area (Å²) in [7, 11) is -3.38. The van der Waals surface area contributed by atoms with Gasteiger partial charge in [-0.25, -0.2) is 0 Å². The Morgan fingerprint density at radius 3 is 1.55 bits per heavy atom. The summed E-state index contributed by atoms with van der Waals surface area (Å²) in [5.41, 5.74) is 1.97. The molecule has 29 heavy (non-hydrogen) atoms. The maximum atomic E-state index is 13.9. The highest BCUT2D eigenvalue weighted by atomic mass is 35.5. The van der Waals surface area contributed by atoms with Crippen molar-refractivity contribution >= 4 is 69.4 Å². The molecule has 0 aromatic heterocycles. The van der Waals surface area contributed by atoms with Crippen LogP contribution < -0.4 is 5.09 Å². The first kappa shape index (κ1) is 22.0. The monoisotopic (exact) mass is 481 g/mol. The number of rotatable bonds is 6. The Bertz CT molecular complexity index is 1020. The molecule has 1 N–H and O–H groups in total. The van der Waals surface area contributed by atoms with Gasteiger partial charge in [-0.3, -0.25) is 4.57 Å². The highest BCUT2D eigenvalue weighted by molar-refractivity contribution is 7.72. The lowest BCUT2D eigenvalue weighted by atomic mass is 10.2. The van der Waals surface area contributed by atoms with E-state index in [0.717, 1.165) is 11.1 Å². The molecule has 0 spiro atoms. The van der Waals surface area contributed by atoms with Crippen LogP contribution in [0.15, 0.2) is 90.5 Å². The molecule has 1 unspecified atom stereocenters. The van der Waals surface area contributed by atoms with Gasteiger partial charge in [-0.1, -0.05) is 107 Å². The van der Waals surface area contributed by atoms with E-state index in [2.05, 4.69) is 5.09 Å². The molecule has 148 valence electrons. The van der Waals surface area contributed by atoms with Crippen molar-refractivity contribution in [1.82, 2.24) is 0 Å². The van der Waals surface area contributed by atoms with Crippen LogP contribution in [0, 0.1) is 0 Å². The molecule has 2 nitrogen and oxygen atoms in total. The fourth-order valence-corrected chi connectivity index (χ4v) is 5.96. The van der Waals surface area contributed by atoms with Gasteiger partial charge < -0.3 is 5.09 Å². The van der Waals surface area contributed by atoms with Crippen LogP contribution >= 0.6 is 53.7 Å². The Hall–Kier alpha value is -1.67. The molecule has 0 amide bonds. The Kier molecular flexibility index (Phi) is 7.51. The van der Waals surface area contributed by atoms with Gasteiger partial charge in [-0.05, 0) is 29.3 Å². The van der Waals surface area contributed by atoms with Gasteiger partial charge in [0.25, 0.3) is 0 Å². The Morgan fingerprint density at radius 2 is 1.14 bits per heavy atom. The van der Waals surface area contributed by atoms with Crippen molar-refractivity contribution in [1.29, 1.82) is 0 Å². The van der Waals surface area contributed by atoms with Crippen LogP contribution in [0.3, 0.4) is 0 Å². The zero-order valence-corrected chi connectivity index (χ0v) is 18.9. The van der Waals surface area contributed by atoms with Gasteiger partial charge in [0.05, 0.1) is 10.1 Å². The third kappa shape index (κ3) is 6.40. The lowest BCUT2D eigenvalue weighted by Crippen LogP contribution is -1.94. The third-order valence-corrected chi connectivity index (χ3v) is 7.16. The van der Waals surface area contributed by atoms with Crippen LogP contribution in [0.25, 0.3) is 10.1 Å². The Labute approximate surface area is 190 Å². The van der Waals surface area contributed by atoms with Crippen LogP contribution in [-0.2, 0) is 4.57 Å². The minimum absolute atomic E-state index is 0.336. The highest BCUT2D eigenvalue weighted by Gasteiger charge is 2.20. The van der Waals surface area contributed by atoms with Crippen molar-refractivity contribution in [3.8, 4) is 0 Å². The quantitative estimate of drug-likeness (QED) is 0.355. The van der Waals surface area contributed by atoms with Crippen LogP contribution in [0.5, 0.6) is 0 Å². The van der Waals surface area contributed by atoms with Crippen molar-refractivity contribution in [3.63, 3.8) is 0 Å². The van der Waals surface area contributed by atoms with Crippen molar-refractivity contribution in [2.24, 2.45) is 0 Å². The molecule has 0 heterocycles. The molecule has 3 aromatic carbocycles. The molecule has 3 rings (SSSR count). The minimum atomic E-state index is -3.38. The smallest absolute Gasteiger partial charge is 0.216 e. The van der Waals surface area contributed by atoms with Gasteiger partial charge in [0.15, 0.2) is 0 Å². The number of nitrogens with one attached hydrogen (secondary N) is 1. The first-order valence-electron chi connectivity index (χ1n) is 8.56. The van der Waals surface area contributed by atoms with E-state index in [9.17, 15) is 4.57 Å². The van der Waals surface area contributed by atoms with Crippen molar-refractivity contribution in [2.45, 2.75) is 0 Å². The van der Waals surface area contributed by atoms with E-state index in [1.165, 1.54) is 11.6 Å². The summed E-state index contributed by atoms with van der Waals surface area (Å²) in [6.07, 6.45) is 0. The predicted molar refractivity (Wildman–Crippen MR) is 128 cm³/mol. The second kappa shape index (κ2) is 9.89. The normalized spacial score (nSPS) is 14.3. The lowest BCUT2D eigenvalue weighted by Gasteiger charge is -2.16. The SMILES string of the molecule is O=P(/C=C(\Cl)c1ccccc1)(/C=C(/Cl)c1ccccc1)Nc1cc(Cl)cc(Cl)c1. The van der Waals surface area contributed by atoms with E-state index in [1.807, 2.05) is 60.7 Å². The van der Waals surface area contributed by atoms with Gasteiger partial charge in [-0.2, -0.15) is 0 Å². The maximum absolute atomic E-state index is 13.9. The second-order valence-electron chi connectivity index (χ2n) is 6.17. The summed E-state index contributed by atoms with van der Waals surface area (Å²) >= 11 is 25.1. The molecule has 0 aliphatic carbocycles. The largest absolute Gasteiger partial charge is 0.330 e. The minimum Gasteiger partial charge on any atom is -0.330 e. The molecule has 7 heteroatoms. The van der Waals surface area contributed by atoms with E-state index < -0.39 is 7.29 Å². The molecule has 0 radical (unpaired) electrons. The van der Waals surface area contributed by atoms with Crippen molar-refractivity contribution in [2.75, 3.05) is 5.09 Å². The fourth-order valence-electron chi connectivity index (χ4n) is 2.60. The van der Waals surface area contributed by atoms with Crippen LogP contribution in [-0.4, -0.2) is 0 Å². The molecule has 0 aliphatic heterocycles. The summed E-state index contributed by atoms with van der Waals surface area (Å²) in [5.74, 6) is 2.95. The zero-order chi connectivity index (χ0) is 20.9. The molecule has 0 saturated heterocycles. The van der Waals surface area contributed by atoms with Gasteiger partial charge in [0.1, 0.15) is 0 Å². The lowest BCUT2D eigenvalue weighted by molar-refractivity contribution is 0.589. The van der Waals surface area contributed by atoms with Crippen molar-refractivity contribution in [3.05, 3.63) is 112 Å². The molecule has 0 saturated carbocycles. The van der Waals surface area contributed by atoms with E-state index in [1.54, 1.807) is 18.2 Å². The van der Waals surface area contributed by atoms with Gasteiger partial charge >= 0.3 is 0 Å². The third-order valence-electron chi connectivity index (χ3n) is 3.88.